The van der Waals surface area contributed by atoms with Crippen LogP contribution in [0.5, 0.6) is 0 Å². The molecule has 164 valence electrons. The highest BCUT2D eigenvalue weighted by molar-refractivity contribution is 6.25. The van der Waals surface area contributed by atoms with Gasteiger partial charge in [0.25, 0.3) is 0 Å². The number of imide groups is 1. The van der Waals surface area contributed by atoms with Gasteiger partial charge in [-0.3, -0.25) is 14.4 Å². The van der Waals surface area contributed by atoms with Crippen LogP contribution in [0.25, 0.3) is 10.8 Å². The van der Waals surface area contributed by atoms with Gasteiger partial charge in [0.2, 0.25) is 11.8 Å². The topological polar surface area (TPSA) is 74.7 Å². The third kappa shape index (κ3) is 2.08. The molecular formula is C29H19NO4. The Morgan fingerprint density at radius 3 is 1.97 bits per heavy atom. The van der Waals surface area contributed by atoms with Gasteiger partial charge in [0.15, 0.2) is 0 Å². The lowest BCUT2D eigenvalue weighted by molar-refractivity contribution is -0.149. The molecule has 1 aliphatic heterocycles. The second-order valence-electron chi connectivity index (χ2n) is 9.31. The fraction of sp³-hybridized carbons (Fsp3) is 0.138. The molecule has 5 heteroatoms. The summed E-state index contributed by atoms with van der Waals surface area (Å²) in [6.07, 6.45) is 0. The SMILES string of the molecule is O=C1C2C3c4ccccc4C(C(=O)O)(c4ccccc43)C2C(=O)N1c1ccc2ccccc2c1. The predicted molar refractivity (Wildman–Crippen MR) is 127 cm³/mol. The summed E-state index contributed by atoms with van der Waals surface area (Å²) in [6, 6.07) is 28.0. The molecule has 4 aromatic rings. The van der Waals surface area contributed by atoms with Gasteiger partial charge in [-0.25, -0.2) is 4.90 Å². The Kier molecular flexibility index (Phi) is 3.63. The average molecular weight is 445 g/mol. The van der Waals surface area contributed by atoms with Crippen LogP contribution in [0.4, 0.5) is 5.69 Å². The summed E-state index contributed by atoms with van der Waals surface area (Å²) in [4.78, 5) is 42.4. The van der Waals surface area contributed by atoms with Crippen molar-refractivity contribution < 1.29 is 19.5 Å². The Balaban J connectivity index is 1.50. The van der Waals surface area contributed by atoms with Crippen LogP contribution in [-0.2, 0) is 19.8 Å². The molecule has 0 spiro atoms. The Hall–Kier alpha value is -4.25. The van der Waals surface area contributed by atoms with E-state index in [1.165, 1.54) is 4.90 Å². The molecule has 0 aromatic heterocycles. The first kappa shape index (κ1) is 19.2. The smallest absolute Gasteiger partial charge is 0.319 e. The predicted octanol–water partition coefficient (Wildman–Crippen LogP) is 4.48. The van der Waals surface area contributed by atoms with Crippen molar-refractivity contribution in [2.75, 3.05) is 4.90 Å². The number of carboxylic acid groups (broad SMARTS) is 1. The highest BCUT2D eigenvalue weighted by atomic mass is 16.4. The minimum Gasteiger partial charge on any atom is -0.480 e. The summed E-state index contributed by atoms with van der Waals surface area (Å²) < 4.78 is 0. The number of carbonyl (C=O) groups excluding carboxylic acids is 2. The van der Waals surface area contributed by atoms with E-state index in [2.05, 4.69) is 0 Å². The minimum atomic E-state index is -1.61. The molecule has 2 atom stereocenters. The number of fused-ring (bicyclic) bond motifs is 1. The standard InChI is InChI=1S/C29H19NO4/c31-26-24-23-19-9-3-5-11-21(19)29(28(33)34,22-12-6-4-10-20(22)23)25(24)27(32)30(26)18-14-13-16-7-1-2-8-17(16)15-18/h1-15,23-25H,(H,33,34). The highest BCUT2D eigenvalue weighted by Gasteiger charge is 2.71. The molecule has 1 fully saturated rings. The fourth-order valence-corrected chi connectivity index (χ4v) is 6.71. The zero-order chi connectivity index (χ0) is 23.2. The first-order valence-corrected chi connectivity index (χ1v) is 11.3. The first-order valence-electron chi connectivity index (χ1n) is 11.3. The second-order valence-corrected chi connectivity index (χ2v) is 9.31. The maximum absolute atomic E-state index is 14.0. The highest BCUT2D eigenvalue weighted by Crippen LogP contribution is 2.64. The van der Waals surface area contributed by atoms with Crippen molar-refractivity contribution in [3.05, 3.63) is 113 Å². The van der Waals surface area contributed by atoms with E-state index < -0.39 is 29.1 Å². The van der Waals surface area contributed by atoms with E-state index in [9.17, 15) is 19.5 Å². The number of nitrogens with zero attached hydrogens (tertiary/aromatic N) is 1. The molecule has 4 aromatic carbocycles. The molecule has 2 unspecified atom stereocenters. The number of benzene rings is 4. The fourth-order valence-electron chi connectivity index (χ4n) is 6.71. The van der Waals surface area contributed by atoms with E-state index in [1.54, 1.807) is 18.2 Å². The molecule has 8 rings (SSSR count). The van der Waals surface area contributed by atoms with Gasteiger partial charge in [0.05, 0.1) is 17.5 Å². The van der Waals surface area contributed by atoms with E-state index in [0.29, 0.717) is 16.8 Å². The van der Waals surface area contributed by atoms with Crippen LogP contribution in [0.2, 0.25) is 0 Å². The van der Waals surface area contributed by atoms with Gasteiger partial charge in [-0.1, -0.05) is 78.9 Å². The van der Waals surface area contributed by atoms with Gasteiger partial charge in [0.1, 0.15) is 5.41 Å². The van der Waals surface area contributed by atoms with Gasteiger partial charge >= 0.3 is 5.97 Å². The maximum Gasteiger partial charge on any atom is 0.319 e. The molecule has 1 N–H and O–H groups in total. The van der Waals surface area contributed by atoms with E-state index in [0.717, 1.165) is 21.9 Å². The van der Waals surface area contributed by atoms with Crippen LogP contribution < -0.4 is 4.90 Å². The van der Waals surface area contributed by atoms with Crippen molar-refractivity contribution in [3.63, 3.8) is 0 Å². The number of carboxylic acids is 1. The summed E-state index contributed by atoms with van der Waals surface area (Å²) in [5.74, 6) is -3.99. The van der Waals surface area contributed by atoms with E-state index in [-0.39, 0.29) is 11.8 Å². The minimum absolute atomic E-state index is 0.329. The number of hydrogen-bond donors (Lipinski definition) is 1. The Bertz CT molecular complexity index is 1520. The molecule has 0 radical (unpaired) electrons. The Labute approximate surface area is 195 Å². The van der Waals surface area contributed by atoms with E-state index >= 15 is 0 Å². The van der Waals surface area contributed by atoms with Crippen LogP contribution in [0, 0.1) is 11.8 Å². The van der Waals surface area contributed by atoms with Gasteiger partial charge in [-0.2, -0.15) is 0 Å². The maximum atomic E-state index is 14.0. The first-order chi connectivity index (χ1) is 16.5. The molecule has 1 saturated heterocycles. The normalized spacial score (nSPS) is 26.4. The molecule has 0 saturated carbocycles. The molecular weight excluding hydrogens is 426 g/mol. The third-order valence-electron chi connectivity index (χ3n) is 7.95. The summed E-state index contributed by atoms with van der Waals surface area (Å²) in [7, 11) is 0. The van der Waals surface area contributed by atoms with Gasteiger partial charge in [-0.05, 0) is 45.2 Å². The lowest BCUT2D eigenvalue weighted by Gasteiger charge is -2.51. The zero-order valence-corrected chi connectivity index (χ0v) is 18.0. The van der Waals surface area contributed by atoms with E-state index in [4.69, 9.17) is 0 Å². The molecule has 3 aliphatic carbocycles. The molecule has 5 nitrogen and oxygen atoms in total. The Morgan fingerprint density at radius 1 is 0.735 bits per heavy atom. The second kappa shape index (κ2) is 6.41. The van der Waals surface area contributed by atoms with Crippen molar-refractivity contribution >= 4 is 34.2 Å². The number of rotatable bonds is 2. The van der Waals surface area contributed by atoms with Crippen LogP contribution in [0.1, 0.15) is 28.2 Å². The van der Waals surface area contributed by atoms with Crippen LogP contribution in [0.15, 0.2) is 91.0 Å². The average Bonchev–Trinajstić information content (AvgIpc) is 3.14. The zero-order valence-electron chi connectivity index (χ0n) is 18.0. The summed E-state index contributed by atoms with van der Waals surface area (Å²) in [6.45, 7) is 0. The molecule has 4 aliphatic rings. The van der Waals surface area contributed by atoms with Crippen LogP contribution >= 0.6 is 0 Å². The largest absolute Gasteiger partial charge is 0.480 e. The number of carbonyl (C=O) groups is 3. The number of aliphatic carboxylic acids is 1. The number of amides is 2. The van der Waals surface area contributed by atoms with Gasteiger partial charge < -0.3 is 5.11 Å². The quantitative estimate of drug-likeness (QED) is 0.462. The van der Waals surface area contributed by atoms with E-state index in [1.807, 2.05) is 72.8 Å². The summed E-state index contributed by atoms with van der Waals surface area (Å²) in [5.41, 5.74) is 1.77. The molecule has 2 bridgehead atoms. The summed E-state index contributed by atoms with van der Waals surface area (Å²) in [5, 5.41) is 12.7. The van der Waals surface area contributed by atoms with Crippen LogP contribution in [0.3, 0.4) is 0 Å². The number of anilines is 1. The van der Waals surface area contributed by atoms with Crippen molar-refractivity contribution in [1.29, 1.82) is 0 Å². The van der Waals surface area contributed by atoms with Crippen molar-refractivity contribution in [1.82, 2.24) is 0 Å². The lowest BCUT2D eigenvalue weighted by Crippen LogP contribution is -2.57. The van der Waals surface area contributed by atoms with Gasteiger partial charge in [0, 0.05) is 5.92 Å². The summed E-state index contributed by atoms with van der Waals surface area (Å²) >= 11 is 0. The third-order valence-corrected chi connectivity index (χ3v) is 7.95. The molecule has 34 heavy (non-hydrogen) atoms. The van der Waals surface area contributed by atoms with Crippen molar-refractivity contribution in [3.8, 4) is 0 Å². The lowest BCUT2D eigenvalue weighted by atomic mass is 9.47. The molecule has 1 heterocycles. The monoisotopic (exact) mass is 445 g/mol. The molecule has 2 amide bonds. The van der Waals surface area contributed by atoms with Crippen LogP contribution in [-0.4, -0.2) is 22.9 Å². The van der Waals surface area contributed by atoms with Crippen molar-refractivity contribution in [2.24, 2.45) is 11.8 Å². The number of hydrogen-bond acceptors (Lipinski definition) is 3. The Morgan fingerprint density at radius 2 is 1.32 bits per heavy atom. The van der Waals surface area contributed by atoms with Crippen molar-refractivity contribution in [2.45, 2.75) is 11.3 Å². The van der Waals surface area contributed by atoms with Gasteiger partial charge in [-0.15, -0.1) is 0 Å².